The molecule has 2 atom stereocenters. The minimum Gasteiger partial charge on any atom is -0.395 e. The molecule has 0 bridgehead atoms. The van der Waals surface area contributed by atoms with Crippen molar-refractivity contribution in [1.82, 2.24) is 0 Å². The molecular weight excluding hydrogens is 270 g/mol. The van der Waals surface area contributed by atoms with E-state index in [-0.39, 0.29) is 12.6 Å². The lowest BCUT2D eigenvalue weighted by molar-refractivity contribution is 0.216. The second-order valence-corrected chi connectivity index (χ2v) is 6.97. The van der Waals surface area contributed by atoms with Gasteiger partial charge in [0.15, 0.2) is 0 Å². The van der Waals surface area contributed by atoms with Gasteiger partial charge in [-0.3, -0.25) is 0 Å². The van der Waals surface area contributed by atoms with Gasteiger partial charge in [0.1, 0.15) is 0 Å². The molecule has 0 aromatic heterocycles. The Bertz CT molecular complexity index is 443. The maximum atomic E-state index is 9.23. The van der Waals surface area contributed by atoms with Gasteiger partial charge in [0.05, 0.1) is 6.61 Å². The third-order valence-electron chi connectivity index (χ3n) is 5.17. The number of aliphatic hydroxyl groups is 1. The summed E-state index contributed by atoms with van der Waals surface area (Å²) in [6.07, 6.45) is 12.7. The first-order valence-electron chi connectivity index (χ1n) is 9.21. The Labute approximate surface area is 136 Å². The third kappa shape index (κ3) is 5.10. The molecule has 124 valence electrons. The van der Waals surface area contributed by atoms with E-state index in [1.54, 1.807) is 0 Å². The number of nitrogens with two attached hydrogens (primary N) is 1. The minimum atomic E-state index is -0.0593. The van der Waals surface area contributed by atoms with E-state index in [2.05, 4.69) is 25.1 Å². The summed E-state index contributed by atoms with van der Waals surface area (Å²) in [5, 5.41) is 9.23. The molecule has 0 aliphatic heterocycles. The van der Waals surface area contributed by atoms with Crippen LogP contribution in [-0.4, -0.2) is 17.8 Å². The fourth-order valence-corrected chi connectivity index (χ4v) is 3.62. The lowest BCUT2D eigenvalue weighted by atomic mass is 9.79. The standard InChI is InChI=1S/C20H33NO/c1-2-3-4-5-6-7-8-16-9-10-18-14-19(20(21)15-22)12-11-17(18)13-16/h9-10,13,19-20,22H,2-8,11-12,14-15,21H2,1H3/t19-,20-/m1/s1. The molecule has 2 nitrogen and oxygen atoms in total. The van der Waals surface area contributed by atoms with Crippen molar-refractivity contribution in [2.45, 2.75) is 77.2 Å². The van der Waals surface area contributed by atoms with Crippen LogP contribution in [0.25, 0.3) is 0 Å². The molecule has 1 aliphatic rings. The highest BCUT2D eigenvalue weighted by molar-refractivity contribution is 5.34. The zero-order valence-electron chi connectivity index (χ0n) is 14.2. The van der Waals surface area contributed by atoms with Crippen molar-refractivity contribution >= 4 is 0 Å². The van der Waals surface area contributed by atoms with E-state index in [4.69, 9.17) is 5.73 Å². The van der Waals surface area contributed by atoms with Crippen LogP contribution in [0.2, 0.25) is 0 Å². The van der Waals surface area contributed by atoms with Crippen LogP contribution in [0.5, 0.6) is 0 Å². The van der Waals surface area contributed by atoms with E-state index < -0.39 is 0 Å². The quantitative estimate of drug-likeness (QED) is 0.677. The predicted octanol–water partition coefficient (Wildman–Crippen LogP) is 4.01. The number of aliphatic hydroxyl groups excluding tert-OH is 1. The van der Waals surface area contributed by atoms with Gasteiger partial charge in [-0.1, -0.05) is 57.2 Å². The molecule has 1 aromatic carbocycles. The molecule has 0 saturated carbocycles. The molecular formula is C20H33NO. The van der Waals surface area contributed by atoms with Gasteiger partial charge in [-0.25, -0.2) is 0 Å². The van der Waals surface area contributed by atoms with Crippen LogP contribution in [-0.2, 0) is 19.3 Å². The summed E-state index contributed by atoms with van der Waals surface area (Å²) in [5.41, 5.74) is 10.5. The number of aryl methyl sites for hydroxylation is 2. The van der Waals surface area contributed by atoms with Crippen LogP contribution >= 0.6 is 0 Å². The molecule has 0 unspecified atom stereocenters. The zero-order chi connectivity index (χ0) is 15.8. The van der Waals surface area contributed by atoms with E-state index in [0.717, 1.165) is 19.3 Å². The average molecular weight is 303 g/mol. The van der Waals surface area contributed by atoms with Crippen molar-refractivity contribution in [2.24, 2.45) is 11.7 Å². The summed E-state index contributed by atoms with van der Waals surface area (Å²) in [7, 11) is 0. The number of unbranched alkanes of at least 4 members (excludes halogenated alkanes) is 5. The van der Waals surface area contributed by atoms with E-state index >= 15 is 0 Å². The number of fused-ring (bicyclic) bond motifs is 1. The van der Waals surface area contributed by atoms with Gasteiger partial charge < -0.3 is 10.8 Å². The summed E-state index contributed by atoms with van der Waals surface area (Å²) in [6.45, 7) is 2.38. The molecule has 0 saturated heterocycles. The fourth-order valence-electron chi connectivity index (χ4n) is 3.62. The molecule has 0 fully saturated rings. The Kier molecular flexibility index (Phi) is 7.41. The highest BCUT2D eigenvalue weighted by Gasteiger charge is 2.23. The number of benzene rings is 1. The summed E-state index contributed by atoms with van der Waals surface area (Å²) in [6, 6.07) is 6.97. The summed E-state index contributed by atoms with van der Waals surface area (Å²) in [5.74, 6) is 0.446. The van der Waals surface area contributed by atoms with Crippen LogP contribution < -0.4 is 5.73 Å². The molecule has 0 spiro atoms. The Morgan fingerprint density at radius 1 is 1.14 bits per heavy atom. The molecule has 2 rings (SSSR count). The van der Waals surface area contributed by atoms with Gasteiger partial charge in [-0.05, 0) is 54.7 Å². The molecule has 2 heteroatoms. The first-order chi connectivity index (χ1) is 10.7. The van der Waals surface area contributed by atoms with Crippen molar-refractivity contribution in [3.8, 4) is 0 Å². The maximum Gasteiger partial charge on any atom is 0.0585 e. The minimum absolute atomic E-state index is 0.0593. The first kappa shape index (κ1) is 17.5. The van der Waals surface area contributed by atoms with Crippen molar-refractivity contribution in [1.29, 1.82) is 0 Å². The Morgan fingerprint density at radius 2 is 1.91 bits per heavy atom. The third-order valence-corrected chi connectivity index (χ3v) is 5.17. The van der Waals surface area contributed by atoms with Crippen molar-refractivity contribution < 1.29 is 5.11 Å². The molecule has 22 heavy (non-hydrogen) atoms. The van der Waals surface area contributed by atoms with Gasteiger partial charge in [-0.2, -0.15) is 0 Å². The topological polar surface area (TPSA) is 46.2 Å². The Balaban J connectivity index is 1.80. The predicted molar refractivity (Wildman–Crippen MR) is 94.1 cm³/mol. The number of hydrogen-bond donors (Lipinski definition) is 2. The van der Waals surface area contributed by atoms with Gasteiger partial charge in [0.2, 0.25) is 0 Å². The number of hydrogen-bond acceptors (Lipinski definition) is 2. The molecule has 0 amide bonds. The highest BCUT2D eigenvalue weighted by Crippen LogP contribution is 2.28. The maximum absolute atomic E-state index is 9.23. The molecule has 3 N–H and O–H groups in total. The Hall–Kier alpha value is -0.860. The molecule has 0 radical (unpaired) electrons. The van der Waals surface area contributed by atoms with Gasteiger partial charge in [0.25, 0.3) is 0 Å². The average Bonchev–Trinajstić information content (AvgIpc) is 2.56. The summed E-state index contributed by atoms with van der Waals surface area (Å²) >= 11 is 0. The second-order valence-electron chi connectivity index (χ2n) is 6.97. The first-order valence-corrected chi connectivity index (χ1v) is 9.21. The Morgan fingerprint density at radius 3 is 2.68 bits per heavy atom. The van der Waals surface area contributed by atoms with Crippen molar-refractivity contribution in [3.05, 3.63) is 34.9 Å². The van der Waals surface area contributed by atoms with Gasteiger partial charge in [-0.15, -0.1) is 0 Å². The fraction of sp³-hybridized carbons (Fsp3) is 0.700. The van der Waals surface area contributed by atoms with E-state index in [0.29, 0.717) is 5.92 Å². The van der Waals surface area contributed by atoms with Crippen LogP contribution in [0, 0.1) is 5.92 Å². The van der Waals surface area contributed by atoms with E-state index in [1.165, 1.54) is 61.6 Å². The lowest BCUT2D eigenvalue weighted by Crippen LogP contribution is -2.36. The van der Waals surface area contributed by atoms with Crippen LogP contribution in [0.1, 0.15) is 68.6 Å². The van der Waals surface area contributed by atoms with E-state index in [1.807, 2.05) is 0 Å². The van der Waals surface area contributed by atoms with Gasteiger partial charge in [0, 0.05) is 6.04 Å². The molecule has 1 aromatic rings. The SMILES string of the molecule is CCCCCCCCc1ccc2c(c1)CC[C@@H]([C@H](N)CO)C2. The van der Waals surface area contributed by atoms with E-state index in [9.17, 15) is 5.11 Å². The van der Waals surface area contributed by atoms with Gasteiger partial charge >= 0.3 is 0 Å². The van der Waals surface area contributed by atoms with Crippen LogP contribution in [0.4, 0.5) is 0 Å². The van der Waals surface area contributed by atoms with Crippen LogP contribution in [0.3, 0.4) is 0 Å². The lowest BCUT2D eigenvalue weighted by Gasteiger charge is -2.28. The monoisotopic (exact) mass is 303 g/mol. The zero-order valence-corrected chi connectivity index (χ0v) is 14.2. The smallest absolute Gasteiger partial charge is 0.0585 e. The number of rotatable bonds is 9. The normalized spacial score (nSPS) is 19.0. The molecule has 1 aliphatic carbocycles. The highest BCUT2D eigenvalue weighted by atomic mass is 16.3. The summed E-state index contributed by atoms with van der Waals surface area (Å²) in [4.78, 5) is 0. The second kappa shape index (κ2) is 9.32. The summed E-state index contributed by atoms with van der Waals surface area (Å²) < 4.78 is 0. The van der Waals surface area contributed by atoms with Crippen LogP contribution in [0.15, 0.2) is 18.2 Å². The largest absolute Gasteiger partial charge is 0.395 e. The van der Waals surface area contributed by atoms with Crippen molar-refractivity contribution in [2.75, 3.05) is 6.61 Å². The molecule has 0 heterocycles. The van der Waals surface area contributed by atoms with Crippen molar-refractivity contribution in [3.63, 3.8) is 0 Å².